The number of ether oxygens (including phenoxy) is 5. The fourth-order valence-corrected chi connectivity index (χ4v) is 6.30. The first-order chi connectivity index (χ1) is 23.7. The number of pyridine rings is 1. The van der Waals surface area contributed by atoms with Crippen LogP contribution < -0.4 is 15.8 Å². The topological polar surface area (TPSA) is 169 Å². The number of carbonyl (C=O) groups excluding carboxylic acids is 2. The molecular formula is C35H46N4O9S. The summed E-state index contributed by atoms with van der Waals surface area (Å²) in [6.07, 6.45) is 1.80. The molecule has 0 saturated carbocycles. The van der Waals surface area contributed by atoms with Crippen LogP contribution in [0.1, 0.15) is 34.8 Å². The Labute approximate surface area is 287 Å². The van der Waals surface area contributed by atoms with Crippen LogP contribution in [-0.4, -0.2) is 108 Å². The maximum Gasteiger partial charge on any atom is 0.254 e. The number of nitrogens with one attached hydrogen (secondary N) is 1. The van der Waals surface area contributed by atoms with Gasteiger partial charge in [0.2, 0.25) is 5.91 Å². The Morgan fingerprint density at radius 1 is 0.918 bits per heavy atom. The largest absolute Gasteiger partial charge is 0.491 e. The summed E-state index contributed by atoms with van der Waals surface area (Å²) in [5.41, 5.74) is 9.35. The third-order valence-corrected chi connectivity index (χ3v) is 9.44. The third-order valence-electron chi connectivity index (χ3n) is 7.72. The van der Waals surface area contributed by atoms with Crippen LogP contribution in [0.25, 0.3) is 11.1 Å². The highest BCUT2D eigenvalue weighted by Gasteiger charge is 2.24. The van der Waals surface area contributed by atoms with Crippen LogP contribution in [0.5, 0.6) is 5.75 Å². The summed E-state index contributed by atoms with van der Waals surface area (Å²) >= 11 is 0. The summed E-state index contributed by atoms with van der Waals surface area (Å²) in [5.74, 6) is 0.328. The molecule has 4 rings (SSSR count). The number of amides is 2. The summed E-state index contributed by atoms with van der Waals surface area (Å²) in [4.78, 5) is 31.8. The monoisotopic (exact) mass is 698 g/mol. The van der Waals surface area contributed by atoms with Gasteiger partial charge in [-0.15, -0.1) is 0 Å². The Hall–Kier alpha value is -4.08. The molecule has 2 amide bonds. The van der Waals surface area contributed by atoms with Gasteiger partial charge in [-0.25, -0.2) is 13.4 Å². The molecule has 266 valence electrons. The number of nitrogens with zero attached hydrogens (tertiary/aromatic N) is 2. The molecule has 49 heavy (non-hydrogen) atoms. The standard InChI is InChI=1S/C35H46N4O9S/c1-3-44-15-16-46-19-20-47-18-17-45-13-10-34(40)37-11-21-49(42,43)30-6-7-31(26(2)22-30)35(41)39-12-14-48-32-8-4-27(23-29(32)25-39)28-5-9-33(36)38-24-28/h4-9,22-24H,3,10-21,25H2,1-2H3,(H2,36,38)(H,37,40). The highest BCUT2D eigenvalue weighted by atomic mass is 32.2. The molecule has 3 N–H and O–H groups in total. The van der Waals surface area contributed by atoms with Crippen molar-refractivity contribution in [1.82, 2.24) is 15.2 Å². The smallest absolute Gasteiger partial charge is 0.254 e. The second kappa shape index (κ2) is 19.2. The molecule has 2 heterocycles. The van der Waals surface area contributed by atoms with E-state index in [2.05, 4.69) is 10.3 Å². The fourth-order valence-electron chi connectivity index (χ4n) is 5.06. The molecule has 0 saturated heterocycles. The summed E-state index contributed by atoms with van der Waals surface area (Å²) in [7, 11) is -3.71. The van der Waals surface area contributed by atoms with Gasteiger partial charge in [0.05, 0.1) is 63.4 Å². The number of aryl methyl sites for hydroxylation is 1. The number of benzene rings is 2. The van der Waals surface area contributed by atoms with Crippen LogP contribution >= 0.6 is 0 Å². The maximum absolute atomic E-state index is 13.6. The lowest BCUT2D eigenvalue weighted by Gasteiger charge is -2.21. The van der Waals surface area contributed by atoms with E-state index in [1.807, 2.05) is 31.2 Å². The predicted octanol–water partition coefficient (Wildman–Crippen LogP) is 3.04. The highest BCUT2D eigenvalue weighted by molar-refractivity contribution is 7.91. The molecule has 0 aliphatic carbocycles. The van der Waals surface area contributed by atoms with E-state index in [0.717, 1.165) is 16.7 Å². The molecule has 0 fully saturated rings. The van der Waals surface area contributed by atoms with Gasteiger partial charge >= 0.3 is 0 Å². The van der Waals surface area contributed by atoms with Crippen LogP contribution in [-0.2, 0) is 40.1 Å². The van der Waals surface area contributed by atoms with Gasteiger partial charge < -0.3 is 39.6 Å². The Morgan fingerprint density at radius 2 is 1.61 bits per heavy atom. The molecule has 0 atom stereocenters. The molecule has 3 aromatic rings. The van der Waals surface area contributed by atoms with Gasteiger partial charge in [0, 0.05) is 49.0 Å². The first kappa shape index (κ1) is 37.7. The number of fused-ring (bicyclic) bond motifs is 1. The summed E-state index contributed by atoms with van der Waals surface area (Å²) in [6.45, 7) is 8.17. The van der Waals surface area contributed by atoms with E-state index >= 15 is 0 Å². The van der Waals surface area contributed by atoms with Crippen molar-refractivity contribution in [3.05, 3.63) is 71.4 Å². The van der Waals surface area contributed by atoms with Crippen LogP contribution in [0.4, 0.5) is 5.82 Å². The molecule has 1 aliphatic rings. The molecular weight excluding hydrogens is 652 g/mol. The number of nitrogen functional groups attached to an aromatic ring is 1. The molecule has 0 spiro atoms. The Kier molecular flexibility index (Phi) is 14.8. The zero-order valence-corrected chi connectivity index (χ0v) is 29.0. The highest BCUT2D eigenvalue weighted by Crippen LogP contribution is 2.30. The summed E-state index contributed by atoms with van der Waals surface area (Å²) in [5, 5.41) is 2.63. The van der Waals surface area contributed by atoms with Crippen LogP contribution in [0.3, 0.4) is 0 Å². The van der Waals surface area contributed by atoms with Crippen molar-refractivity contribution in [2.24, 2.45) is 0 Å². The minimum atomic E-state index is -3.71. The Bertz CT molecular complexity index is 1630. The van der Waals surface area contributed by atoms with Crippen LogP contribution in [0.15, 0.2) is 59.6 Å². The quantitative estimate of drug-likeness (QED) is 0.177. The van der Waals surface area contributed by atoms with E-state index in [1.54, 1.807) is 30.2 Å². The molecule has 0 unspecified atom stereocenters. The third kappa shape index (κ3) is 11.8. The Morgan fingerprint density at radius 3 is 2.29 bits per heavy atom. The summed E-state index contributed by atoms with van der Waals surface area (Å²) in [6, 6.07) is 13.9. The van der Waals surface area contributed by atoms with Crippen molar-refractivity contribution in [2.75, 3.05) is 84.0 Å². The second-order valence-corrected chi connectivity index (χ2v) is 13.4. The van der Waals surface area contributed by atoms with Crippen molar-refractivity contribution in [1.29, 1.82) is 0 Å². The van der Waals surface area contributed by atoms with E-state index < -0.39 is 9.84 Å². The fraction of sp³-hybridized carbons (Fsp3) is 0.457. The minimum Gasteiger partial charge on any atom is -0.491 e. The van der Waals surface area contributed by atoms with Crippen molar-refractivity contribution < 1.29 is 41.7 Å². The van der Waals surface area contributed by atoms with E-state index in [1.165, 1.54) is 12.1 Å². The van der Waals surface area contributed by atoms with Gasteiger partial charge in [0.1, 0.15) is 18.2 Å². The number of carbonyl (C=O) groups is 2. The lowest BCUT2D eigenvalue weighted by molar-refractivity contribution is -0.122. The van der Waals surface area contributed by atoms with Gasteiger partial charge in [-0.05, 0) is 67.4 Å². The van der Waals surface area contributed by atoms with Crippen molar-refractivity contribution in [3.63, 3.8) is 0 Å². The average molecular weight is 699 g/mol. The van der Waals surface area contributed by atoms with Gasteiger partial charge in [-0.3, -0.25) is 9.59 Å². The zero-order valence-electron chi connectivity index (χ0n) is 28.1. The molecule has 0 radical (unpaired) electrons. The van der Waals surface area contributed by atoms with E-state index in [9.17, 15) is 18.0 Å². The molecule has 1 aromatic heterocycles. The molecule has 13 nitrogen and oxygen atoms in total. The normalized spacial score (nSPS) is 13.0. The minimum absolute atomic E-state index is 0.0467. The maximum atomic E-state index is 13.6. The predicted molar refractivity (Wildman–Crippen MR) is 184 cm³/mol. The zero-order chi connectivity index (χ0) is 35.1. The van der Waals surface area contributed by atoms with Gasteiger partial charge in [0.15, 0.2) is 9.84 Å². The number of hydrogen-bond acceptors (Lipinski definition) is 11. The first-order valence-electron chi connectivity index (χ1n) is 16.4. The SMILES string of the molecule is CCOCCOCCOCCOCCC(=O)NCCS(=O)(=O)c1ccc(C(=O)N2CCOc3ccc(-c4ccc(N)nc4)cc3C2)c(C)c1. The number of rotatable bonds is 19. The summed E-state index contributed by atoms with van der Waals surface area (Å²) < 4.78 is 53.3. The lowest BCUT2D eigenvalue weighted by Crippen LogP contribution is -2.33. The molecule has 2 aromatic carbocycles. The molecule has 1 aliphatic heterocycles. The van der Waals surface area contributed by atoms with Crippen molar-refractivity contribution in [2.45, 2.75) is 31.7 Å². The van der Waals surface area contributed by atoms with Gasteiger partial charge in [-0.2, -0.15) is 0 Å². The van der Waals surface area contributed by atoms with E-state index in [0.29, 0.717) is 88.6 Å². The van der Waals surface area contributed by atoms with E-state index in [-0.39, 0.29) is 42.0 Å². The van der Waals surface area contributed by atoms with Crippen LogP contribution in [0, 0.1) is 6.92 Å². The second-order valence-electron chi connectivity index (χ2n) is 11.3. The van der Waals surface area contributed by atoms with Crippen molar-refractivity contribution >= 4 is 27.5 Å². The number of nitrogens with two attached hydrogens (primary N) is 1. The molecule has 14 heteroatoms. The van der Waals surface area contributed by atoms with E-state index in [4.69, 9.17) is 29.4 Å². The van der Waals surface area contributed by atoms with Gasteiger partial charge in [-0.1, -0.05) is 6.07 Å². The van der Waals surface area contributed by atoms with Crippen LogP contribution in [0.2, 0.25) is 0 Å². The number of anilines is 1. The lowest BCUT2D eigenvalue weighted by atomic mass is 10.0. The Balaban J connectivity index is 1.21. The first-order valence-corrected chi connectivity index (χ1v) is 18.0. The number of hydrogen-bond donors (Lipinski definition) is 2. The number of sulfone groups is 1. The average Bonchev–Trinajstić information content (AvgIpc) is 3.31. The van der Waals surface area contributed by atoms with Gasteiger partial charge in [0.25, 0.3) is 5.91 Å². The van der Waals surface area contributed by atoms with Crippen molar-refractivity contribution in [3.8, 4) is 16.9 Å². The molecule has 0 bridgehead atoms. The number of aromatic nitrogens is 1.